The van der Waals surface area contributed by atoms with Gasteiger partial charge >= 0.3 is 0 Å². The molecule has 0 radical (unpaired) electrons. The van der Waals surface area contributed by atoms with E-state index in [0.29, 0.717) is 25.6 Å². The maximum atomic E-state index is 6.18. The Morgan fingerprint density at radius 2 is 1.55 bits per heavy atom. The van der Waals surface area contributed by atoms with Gasteiger partial charge in [-0.15, -0.1) is 0 Å². The van der Waals surface area contributed by atoms with Gasteiger partial charge in [0.2, 0.25) is 0 Å². The number of hydrogen-bond acceptors (Lipinski definition) is 6. The van der Waals surface area contributed by atoms with Crippen molar-refractivity contribution >= 4 is 11.6 Å². The highest BCUT2D eigenvalue weighted by Gasteiger charge is 2.10. The maximum absolute atomic E-state index is 6.18. The molecular formula is C27H26N4O2. The van der Waals surface area contributed by atoms with Crippen LogP contribution in [0.25, 0.3) is 11.6 Å². The number of benzene rings is 1. The molecule has 0 spiro atoms. The molecule has 0 aliphatic rings. The molecule has 3 heterocycles. The van der Waals surface area contributed by atoms with Crippen molar-refractivity contribution in [3.05, 3.63) is 120 Å². The van der Waals surface area contributed by atoms with Crippen LogP contribution in [0.1, 0.15) is 22.3 Å². The average Bonchev–Trinajstić information content (AvgIpc) is 2.88. The van der Waals surface area contributed by atoms with E-state index < -0.39 is 0 Å². The van der Waals surface area contributed by atoms with Crippen LogP contribution in [0.5, 0.6) is 5.75 Å². The van der Waals surface area contributed by atoms with Gasteiger partial charge in [-0.1, -0.05) is 30.3 Å². The molecule has 0 saturated carbocycles. The van der Waals surface area contributed by atoms with E-state index in [0.717, 1.165) is 27.8 Å². The zero-order chi connectivity index (χ0) is 22.7. The SMILES string of the molecule is NC(COCc1ccccc1)COc1cncc(C(=Cc2ccncc2)c2ccncc2)c1. The molecule has 1 atom stereocenters. The zero-order valence-electron chi connectivity index (χ0n) is 18.2. The second kappa shape index (κ2) is 11.7. The third kappa shape index (κ3) is 6.80. The number of aromatic nitrogens is 3. The minimum Gasteiger partial charge on any atom is -0.490 e. The fraction of sp³-hybridized carbons (Fsp3) is 0.148. The van der Waals surface area contributed by atoms with Gasteiger partial charge in [0.05, 0.1) is 25.5 Å². The Morgan fingerprint density at radius 1 is 0.818 bits per heavy atom. The minimum absolute atomic E-state index is 0.246. The summed E-state index contributed by atoms with van der Waals surface area (Å²) in [7, 11) is 0. The van der Waals surface area contributed by atoms with Crippen LogP contribution in [0.2, 0.25) is 0 Å². The third-order valence-electron chi connectivity index (χ3n) is 4.94. The second-order valence-electron chi connectivity index (χ2n) is 7.56. The molecule has 0 aliphatic heterocycles. The molecule has 0 saturated heterocycles. The Bertz CT molecular complexity index is 1150. The molecule has 3 aromatic heterocycles. The van der Waals surface area contributed by atoms with Gasteiger partial charge in [0, 0.05) is 36.5 Å². The fourth-order valence-electron chi connectivity index (χ4n) is 3.29. The van der Waals surface area contributed by atoms with Crippen LogP contribution >= 0.6 is 0 Å². The summed E-state index contributed by atoms with van der Waals surface area (Å²) in [6.07, 6.45) is 12.7. The summed E-state index contributed by atoms with van der Waals surface area (Å²) in [5.41, 5.74) is 11.3. The first kappa shape index (κ1) is 22.3. The number of nitrogens with zero attached hydrogens (tertiary/aromatic N) is 3. The van der Waals surface area contributed by atoms with Crippen LogP contribution in [0.15, 0.2) is 97.8 Å². The van der Waals surface area contributed by atoms with E-state index in [1.807, 2.05) is 66.9 Å². The Balaban J connectivity index is 1.42. The topological polar surface area (TPSA) is 83.2 Å². The van der Waals surface area contributed by atoms with Crippen molar-refractivity contribution in [1.82, 2.24) is 15.0 Å². The number of rotatable bonds is 10. The van der Waals surface area contributed by atoms with E-state index >= 15 is 0 Å². The first-order valence-electron chi connectivity index (χ1n) is 10.8. The average molecular weight is 439 g/mol. The molecule has 6 nitrogen and oxygen atoms in total. The first-order valence-corrected chi connectivity index (χ1v) is 10.8. The molecule has 1 aromatic carbocycles. The lowest BCUT2D eigenvalue weighted by atomic mass is 9.98. The quantitative estimate of drug-likeness (QED) is 0.396. The summed E-state index contributed by atoms with van der Waals surface area (Å²) in [5, 5.41) is 0. The Hall–Kier alpha value is -3.87. The van der Waals surface area contributed by atoms with E-state index in [2.05, 4.69) is 21.0 Å². The van der Waals surface area contributed by atoms with Crippen molar-refractivity contribution < 1.29 is 9.47 Å². The maximum Gasteiger partial charge on any atom is 0.138 e. The number of nitrogens with two attached hydrogens (primary N) is 1. The van der Waals surface area contributed by atoms with Gasteiger partial charge in [-0.25, -0.2) is 0 Å². The summed E-state index contributed by atoms with van der Waals surface area (Å²) >= 11 is 0. The van der Waals surface area contributed by atoms with Crippen LogP contribution in [0, 0.1) is 0 Å². The predicted octanol–water partition coefficient (Wildman–Crippen LogP) is 4.38. The normalized spacial score (nSPS) is 12.3. The monoisotopic (exact) mass is 438 g/mol. The summed E-state index contributed by atoms with van der Waals surface area (Å²) in [6.45, 7) is 1.27. The van der Waals surface area contributed by atoms with E-state index in [9.17, 15) is 0 Å². The van der Waals surface area contributed by atoms with Crippen molar-refractivity contribution in [2.75, 3.05) is 13.2 Å². The van der Waals surface area contributed by atoms with Gasteiger partial charge in [0.15, 0.2) is 0 Å². The lowest BCUT2D eigenvalue weighted by Crippen LogP contribution is -2.32. The smallest absolute Gasteiger partial charge is 0.138 e. The number of pyridine rings is 3. The van der Waals surface area contributed by atoms with Crippen LogP contribution < -0.4 is 10.5 Å². The van der Waals surface area contributed by atoms with Crippen LogP contribution in [-0.4, -0.2) is 34.2 Å². The van der Waals surface area contributed by atoms with Gasteiger partial charge in [0.25, 0.3) is 0 Å². The van der Waals surface area contributed by atoms with Gasteiger partial charge in [-0.2, -0.15) is 0 Å². The first-order chi connectivity index (χ1) is 16.3. The van der Waals surface area contributed by atoms with Crippen LogP contribution in [-0.2, 0) is 11.3 Å². The molecule has 4 aromatic rings. The Labute approximate surface area is 193 Å². The molecule has 6 heteroatoms. The molecule has 0 amide bonds. The van der Waals surface area contributed by atoms with Crippen molar-refractivity contribution in [3.8, 4) is 5.75 Å². The van der Waals surface area contributed by atoms with Crippen molar-refractivity contribution in [2.45, 2.75) is 12.6 Å². The summed E-state index contributed by atoms with van der Waals surface area (Å²) in [4.78, 5) is 12.6. The predicted molar refractivity (Wildman–Crippen MR) is 129 cm³/mol. The van der Waals surface area contributed by atoms with E-state index in [-0.39, 0.29) is 6.04 Å². The van der Waals surface area contributed by atoms with Crippen LogP contribution in [0.3, 0.4) is 0 Å². The molecule has 4 rings (SSSR count). The lowest BCUT2D eigenvalue weighted by Gasteiger charge is -2.15. The molecule has 0 aliphatic carbocycles. The summed E-state index contributed by atoms with van der Waals surface area (Å²) in [5.74, 6) is 0.653. The van der Waals surface area contributed by atoms with E-state index in [4.69, 9.17) is 15.2 Å². The molecule has 1 unspecified atom stereocenters. The van der Waals surface area contributed by atoms with Gasteiger partial charge in [-0.3, -0.25) is 15.0 Å². The third-order valence-corrected chi connectivity index (χ3v) is 4.94. The standard InChI is InChI=1S/C27H26N4O2/c28-25(19-32-18-22-4-2-1-3-5-22)20-33-26-15-24(16-31-17-26)27(23-8-12-30-13-9-23)14-21-6-10-29-11-7-21/h1-17,25H,18-20,28H2. The highest BCUT2D eigenvalue weighted by molar-refractivity contribution is 5.91. The number of ether oxygens (including phenoxy) is 2. The van der Waals surface area contributed by atoms with E-state index in [1.165, 1.54) is 0 Å². The summed E-state index contributed by atoms with van der Waals surface area (Å²) in [6, 6.07) is 19.6. The van der Waals surface area contributed by atoms with E-state index in [1.54, 1.807) is 31.0 Å². The molecular weight excluding hydrogens is 412 g/mol. The summed E-state index contributed by atoms with van der Waals surface area (Å²) < 4.78 is 11.6. The van der Waals surface area contributed by atoms with Crippen molar-refractivity contribution in [1.29, 1.82) is 0 Å². The van der Waals surface area contributed by atoms with Crippen molar-refractivity contribution in [3.63, 3.8) is 0 Å². The van der Waals surface area contributed by atoms with Gasteiger partial charge in [-0.05, 0) is 58.7 Å². The highest BCUT2D eigenvalue weighted by Crippen LogP contribution is 2.27. The highest BCUT2D eigenvalue weighted by atomic mass is 16.5. The van der Waals surface area contributed by atoms with Gasteiger partial charge in [0.1, 0.15) is 12.4 Å². The molecule has 166 valence electrons. The zero-order valence-corrected chi connectivity index (χ0v) is 18.2. The van der Waals surface area contributed by atoms with Crippen LogP contribution in [0.4, 0.5) is 0 Å². The van der Waals surface area contributed by atoms with Gasteiger partial charge < -0.3 is 15.2 Å². The molecule has 0 fully saturated rings. The Morgan fingerprint density at radius 3 is 2.30 bits per heavy atom. The Kier molecular flexibility index (Phi) is 7.89. The van der Waals surface area contributed by atoms with Crippen molar-refractivity contribution in [2.24, 2.45) is 5.73 Å². The fourth-order valence-corrected chi connectivity index (χ4v) is 3.29. The largest absolute Gasteiger partial charge is 0.490 e. The minimum atomic E-state index is -0.246. The molecule has 0 bridgehead atoms. The molecule has 33 heavy (non-hydrogen) atoms. The second-order valence-corrected chi connectivity index (χ2v) is 7.56. The lowest BCUT2D eigenvalue weighted by molar-refractivity contribution is 0.0935. The molecule has 2 N–H and O–H groups in total. The number of hydrogen-bond donors (Lipinski definition) is 1.